The molecule has 1 aliphatic carbocycles. The molecule has 0 aromatic carbocycles. The first-order valence-corrected chi connectivity index (χ1v) is 4.70. The van der Waals surface area contributed by atoms with Gasteiger partial charge in [-0.3, -0.25) is 0 Å². The lowest BCUT2D eigenvalue weighted by atomic mass is 10.1. The van der Waals surface area contributed by atoms with Crippen LogP contribution < -0.4 is 5.32 Å². The van der Waals surface area contributed by atoms with E-state index in [4.69, 9.17) is 0 Å². The Morgan fingerprint density at radius 2 is 2.00 bits per heavy atom. The number of nitrogens with one attached hydrogen (secondary N) is 1. The van der Waals surface area contributed by atoms with Gasteiger partial charge < -0.3 is 5.32 Å². The molecule has 60 valence electrons. The summed E-state index contributed by atoms with van der Waals surface area (Å²) in [5, 5.41) is 3.96. The van der Waals surface area contributed by atoms with Gasteiger partial charge in [0.2, 0.25) is 0 Å². The maximum atomic E-state index is 4.50. The Kier molecular flexibility index (Phi) is 3.57. The molecule has 1 nitrogen and oxygen atoms in total. The molecule has 0 bridgehead atoms. The van der Waals surface area contributed by atoms with Gasteiger partial charge in [-0.25, -0.2) is 0 Å². The molecule has 0 radical (unpaired) electrons. The topological polar surface area (TPSA) is 12.0 Å². The van der Waals surface area contributed by atoms with Crippen LogP contribution in [0.5, 0.6) is 0 Å². The van der Waals surface area contributed by atoms with Crippen molar-refractivity contribution in [2.75, 3.05) is 7.05 Å². The molecule has 0 saturated heterocycles. The molecule has 0 aromatic rings. The third-order valence-corrected chi connectivity index (χ3v) is 2.77. The molecule has 2 atom stereocenters. The fourth-order valence-electron chi connectivity index (χ4n) is 1.60. The molecule has 1 saturated carbocycles. The van der Waals surface area contributed by atoms with E-state index in [0.29, 0.717) is 5.25 Å². The predicted molar refractivity (Wildman–Crippen MR) is 48.7 cm³/mol. The van der Waals surface area contributed by atoms with Gasteiger partial charge in [0.05, 0.1) is 0 Å². The number of thiol groups is 1. The van der Waals surface area contributed by atoms with Crippen LogP contribution in [0, 0.1) is 0 Å². The molecular weight excluding hydrogens is 142 g/mol. The molecule has 0 heterocycles. The molecule has 0 amide bonds. The lowest BCUT2D eigenvalue weighted by molar-refractivity contribution is 0.503. The molecule has 1 aliphatic rings. The Balaban J connectivity index is 2.30. The molecule has 1 rings (SSSR count). The SMILES string of the molecule is CNC1CCCC[C@@H](S)C1. The third kappa shape index (κ3) is 2.51. The van der Waals surface area contributed by atoms with Gasteiger partial charge in [-0.15, -0.1) is 0 Å². The van der Waals surface area contributed by atoms with Gasteiger partial charge in [0.1, 0.15) is 0 Å². The van der Waals surface area contributed by atoms with Crippen LogP contribution in [0.3, 0.4) is 0 Å². The quantitative estimate of drug-likeness (QED) is 0.439. The van der Waals surface area contributed by atoms with E-state index in [1.165, 1.54) is 32.1 Å². The highest BCUT2D eigenvalue weighted by Gasteiger charge is 2.15. The Bertz CT molecular complexity index is 95.3. The van der Waals surface area contributed by atoms with Gasteiger partial charge in [0.15, 0.2) is 0 Å². The number of hydrogen-bond acceptors (Lipinski definition) is 2. The average molecular weight is 159 g/mol. The second-order valence-corrected chi connectivity index (χ2v) is 3.89. The van der Waals surface area contributed by atoms with E-state index >= 15 is 0 Å². The molecule has 1 N–H and O–H groups in total. The second-order valence-electron chi connectivity index (χ2n) is 3.16. The first kappa shape index (κ1) is 8.41. The van der Waals surface area contributed by atoms with Crippen molar-refractivity contribution in [3.05, 3.63) is 0 Å². The summed E-state index contributed by atoms with van der Waals surface area (Å²) in [6.45, 7) is 0. The summed E-state index contributed by atoms with van der Waals surface area (Å²) in [7, 11) is 2.05. The molecule has 0 aromatic heterocycles. The smallest absolute Gasteiger partial charge is 0.00745 e. The van der Waals surface area contributed by atoms with Gasteiger partial charge in [0.25, 0.3) is 0 Å². The van der Waals surface area contributed by atoms with Crippen molar-refractivity contribution >= 4 is 12.6 Å². The second kappa shape index (κ2) is 4.24. The van der Waals surface area contributed by atoms with Crippen LogP contribution in [-0.2, 0) is 0 Å². The van der Waals surface area contributed by atoms with Gasteiger partial charge in [-0.05, 0) is 26.3 Å². The van der Waals surface area contributed by atoms with Crippen LogP contribution in [0.2, 0.25) is 0 Å². The monoisotopic (exact) mass is 159 g/mol. The van der Waals surface area contributed by atoms with Crippen molar-refractivity contribution in [3.8, 4) is 0 Å². The van der Waals surface area contributed by atoms with Gasteiger partial charge in [-0.1, -0.05) is 12.8 Å². The molecule has 10 heavy (non-hydrogen) atoms. The van der Waals surface area contributed by atoms with Gasteiger partial charge >= 0.3 is 0 Å². The van der Waals surface area contributed by atoms with Crippen LogP contribution in [0.1, 0.15) is 32.1 Å². The highest BCUT2D eigenvalue weighted by atomic mass is 32.1. The minimum atomic E-state index is 0.639. The van der Waals surface area contributed by atoms with E-state index in [0.717, 1.165) is 6.04 Å². The first-order chi connectivity index (χ1) is 4.83. The van der Waals surface area contributed by atoms with E-state index in [9.17, 15) is 0 Å². The van der Waals surface area contributed by atoms with Crippen LogP contribution in [0.4, 0.5) is 0 Å². The zero-order valence-electron chi connectivity index (χ0n) is 6.64. The standard InChI is InChI=1S/C8H17NS/c1-9-7-4-2-3-5-8(10)6-7/h7-10H,2-6H2,1H3/t7?,8-/m1/s1. The maximum Gasteiger partial charge on any atom is 0.00745 e. The zero-order valence-corrected chi connectivity index (χ0v) is 7.53. The van der Waals surface area contributed by atoms with Gasteiger partial charge in [-0.2, -0.15) is 12.6 Å². The Morgan fingerprint density at radius 3 is 2.70 bits per heavy atom. The highest BCUT2D eigenvalue weighted by molar-refractivity contribution is 7.80. The molecule has 2 heteroatoms. The summed E-state index contributed by atoms with van der Waals surface area (Å²) < 4.78 is 0. The lowest BCUT2D eigenvalue weighted by Gasteiger charge is -2.14. The molecular formula is C8H17NS. The maximum absolute atomic E-state index is 4.50. The summed E-state index contributed by atoms with van der Waals surface area (Å²) in [5.41, 5.74) is 0. The molecule has 0 aliphatic heterocycles. The van der Waals surface area contributed by atoms with Crippen molar-refractivity contribution in [2.24, 2.45) is 0 Å². The number of rotatable bonds is 1. The summed E-state index contributed by atoms with van der Waals surface area (Å²) in [6, 6.07) is 0.727. The minimum Gasteiger partial charge on any atom is -0.317 e. The lowest BCUT2D eigenvalue weighted by Crippen LogP contribution is -2.26. The average Bonchev–Trinajstić information content (AvgIpc) is 2.13. The van der Waals surface area contributed by atoms with Crippen molar-refractivity contribution in [1.29, 1.82) is 0 Å². The van der Waals surface area contributed by atoms with E-state index in [1.807, 2.05) is 0 Å². The predicted octanol–water partition coefficient (Wildman–Crippen LogP) is 1.84. The first-order valence-electron chi connectivity index (χ1n) is 4.18. The van der Waals surface area contributed by atoms with Crippen LogP contribution in [0.15, 0.2) is 0 Å². The van der Waals surface area contributed by atoms with Gasteiger partial charge in [0, 0.05) is 11.3 Å². The Morgan fingerprint density at radius 1 is 1.30 bits per heavy atom. The van der Waals surface area contributed by atoms with Crippen molar-refractivity contribution in [1.82, 2.24) is 5.32 Å². The zero-order chi connectivity index (χ0) is 7.40. The fourth-order valence-corrected chi connectivity index (χ4v) is 2.03. The van der Waals surface area contributed by atoms with E-state index < -0.39 is 0 Å². The van der Waals surface area contributed by atoms with Crippen LogP contribution in [-0.4, -0.2) is 18.3 Å². The fraction of sp³-hybridized carbons (Fsp3) is 1.00. The van der Waals surface area contributed by atoms with E-state index in [2.05, 4.69) is 25.0 Å². The molecule has 1 fully saturated rings. The Labute approximate surface area is 69.0 Å². The van der Waals surface area contributed by atoms with Crippen molar-refractivity contribution in [2.45, 2.75) is 43.4 Å². The van der Waals surface area contributed by atoms with Crippen molar-refractivity contribution in [3.63, 3.8) is 0 Å². The summed E-state index contributed by atoms with van der Waals surface area (Å²) in [5.74, 6) is 0. The Hall–Kier alpha value is 0.310. The molecule has 0 spiro atoms. The minimum absolute atomic E-state index is 0.639. The largest absolute Gasteiger partial charge is 0.317 e. The summed E-state index contributed by atoms with van der Waals surface area (Å²) in [4.78, 5) is 0. The van der Waals surface area contributed by atoms with Crippen LogP contribution in [0.25, 0.3) is 0 Å². The summed E-state index contributed by atoms with van der Waals surface area (Å²) >= 11 is 4.50. The normalized spacial score (nSPS) is 35.4. The van der Waals surface area contributed by atoms with E-state index in [1.54, 1.807) is 0 Å². The van der Waals surface area contributed by atoms with Crippen LogP contribution >= 0.6 is 12.6 Å². The highest BCUT2D eigenvalue weighted by Crippen LogP contribution is 2.21. The van der Waals surface area contributed by atoms with E-state index in [-0.39, 0.29) is 0 Å². The molecule has 1 unspecified atom stereocenters. The third-order valence-electron chi connectivity index (χ3n) is 2.30. The number of hydrogen-bond donors (Lipinski definition) is 2. The summed E-state index contributed by atoms with van der Waals surface area (Å²) in [6.07, 6.45) is 6.64. The van der Waals surface area contributed by atoms with Crippen molar-refractivity contribution < 1.29 is 0 Å².